The summed E-state index contributed by atoms with van der Waals surface area (Å²) in [7, 11) is 1.22. The Kier molecular flexibility index (Phi) is 4.60. The second kappa shape index (κ2) is 5.23. The van der Waals surface area contributed by atoms with Gasteiger partial charge in [0.15, 0.2) is 0 Å². The average Bonchev–Trinajstić information content (AvgIpc) is 2.36. The fraction of sp³-hybridized carbons (Fsp3) is 0.375. The lowest BCUT2D eigenvalue weighted by atomic mass is 10.5. The number of ether oxygens (including phenoxy) is 1. The van der Waals surface area contributed by atoms with Gasteiger partial charge in [-0.25, -0.2) is 4.79 Å². The van der Waals surface area contributed by atoms with E-state index in [1.165, 1.54) is 7.11 Å². The summed E-state index contributed by atoms with van der Waals surface area (Å²) >= 11 is 0. The van der Waals surface area contributed by atoms with Gasteiger partial charge in [-0.1, -0.05) is 0 Å². The van der Waals surface area contributed by atoms with Crippen LogP contribution in [0.1, 0.15) is 11.5 Å². The maximum atomic E-state index is 9.37. The Morgan fingerprint density at radius 1 is 1.42 bits per heavy atom. The van der Waals surface area contributed by atoms with Gasteiger partial charge in [-0.05, 0) is 26.0 Å². The van der Waals surface area contributed by atoms with Crippen LogP contribution in [0.3, 0.4) is 0 Å². The number of methoxy groups -OCH3 is 1. The summed E-state index contributed by atoms with van der Waals surface area (Å²) in [5.74, 6) is 1.97. The molecule has 0 saturated heterocycles. The molecular weight excluding hydrogens is 158 g/mol. The van der Waals surface area contributed by atoms with E-state index in [9.17, 15) is 4.79 Å². The molecule has 2 N–H and O–H groups in total. The lowest BCUT2D eigenvalue weighted by Gasteiger charge is -1.81. The lowest BCUT2D eigenvalue weighted by molar-refractivity contribution is 0.182. The Morgan fingerprint density at radius 3 is 1.83 bits per heavy atom. The van der Waals surface area contributed by atoms with Crippen molar-refractivity contribution in [2.24, 2.45) is 5.73 Å². The average molecular weight is 171 g/mol. The summed E-state index contributed by atoms with van der Waals surface area (Å²) in [6.45, 7) is 3.88. The van der Waals surface area contributed by atoms with Crippen molar-refractivity contribution in [1.82, 2.24) is 0 Å². The number of amides is 1. The molecule has 0 saturated carbocycles. The fourth-order valence-corrected chi connectivity index (χ4v) is 0.557. The molecule has 0 unspecified atom stereocenters. The number of nitrogens with two attached hydrogens (primary N) is 1. The number of hydrogen-bond acceptors (Lipinski definition) is 3. The molecule has 0 aliphatic carbocycles. The summed E-state index contributed by atoms with van der Waals surface area (Å²) in [6, 6.07) is 3.91. The molecule has 0 spiro atoms. The number of aryl methyl sites for hydroxylation is 2. The Bertz CT molecular complexity index is 226. The van der Waals surface area contributed by atoms with Crippen molar-refractivity contribution in [3.63, 3.8) is 0 Å². The first-order chi connectivity index (χ1) is 5.56. The van der Waals surface area contributed by atoms with Gasteiger partial charge in [-0.2, -0.15) is 0 Å². The molecule has 1 rings (SSSR count). The maximum absolute atomic E-state index is 9.37. The molecule has 0 aliphatic heterocycles. The van der Waals surface area contributed by atoms with E-state index >= 15 is 0 Å². The molecular formula is C8H13NO3. The van der Waals surface area contributed by atoms with Gasteiger partial charge < -0.3 is 14.9 Å². The molecule has 1 heterocycles. The third-order valence-corrected chi connectivity index (χ3v) is 1.08. The molecule has 0 atom stereocenters. The minimum atomic E-state index is -0.745. The smallest absolute Gasteiger partial charge is 0.404 e. The van der Waals surface area contributed by atoms with Gasteiger partial charge >= 0.3 is 6.09 Å². The molecule has 12 heavy (non-hydrogen) atoms. The number of hydrogen-bond donors (Lipinski definition) is 1. The molecule has 1 amide bonds. The summed E-state index contributed by atoms with van der Waals surface area (Å²) in [6.07, 6.45) is -0.745. The molecule has 1 aromatic heterocycles. The van der Waals surface area contributed by atoms with Gasteiger partial charge in [0, 0.05) is 0 Å². The molecule has 0 aliphatic rings. The zero-order chi connectivity index (χ0) is 9.56. The van der Waals surface area contributed by atoms with Crippen molar-refractivity contribution in [3.8, 4) is 0 Å². The second-order valence-corrected chi connectivity index (χ2v) is 2.18. The quantitative estimate of drug-likeness (QED) is 0.644. The molecule has 4 nitrogen and oxygen atoms in total. The van der Waals surface area contributed by atoms with Crippen LogP contribution in [0.4, 0.5) is 4.79 Å². The van der Waals surface area contributed by atoms with Crippen molar-refractivity contribution in [2.45, 2.75) is 13.8 Å². The van der Waals surface area contributed by atoms with E-state index in [0.29, 0.717) is 0 Å². The first-order valence-electron chi connectivity index (χ1n) is 3.42. The van der Waals surface area contributed by atoms with Crippen LogP contribution in [-0.2, 0) is 4.74 Å². The van der Waals surface area contributed by atoms with E-state index in [2.05, 4.69) is 10.5 Å². The number of carbonyl (C=O) groups is 1. The topological polar surface area (TPSA) is 65.5 Å². The van der Waals surface area contributed by atoms with Crippen molar-refractivity contribution in [2.75, 3.05) is 7.11 Å². The summed E-state index contributed by atoms with van der Waals surface area (Å²) in [4.78, 5) is 9.37. The van der Waals surface area contributed by atoms with Gasteiger partial charge in [0.05, 0.1) is 7.11 Å². The summed E-state index contributed by atoms with van der Waals surface area (Å²) in [5, 5.41) is 0. The predicted octanol–water partition coefficient (Wildman–Crippen LogP) is 1.61. The second-order valence-electron chi connectivity index (χ2n) is 2.18. The maximum Gasteiger partial charge on any atom is 0.404 e. The van der Waals surface area contributed by atoms with E-state index in [-0.39, 0.29) is 0 Å². The summed E-state index contributed by atoms with van der Waals surface area (Å²) < 4.78 is 8.97. The van der Waals surface area contributed by atoms with Crippen LogP contribution in [-0.4, -0.2) is 13.2 Å². The van der Waals surface area contributed by atoms with Crippen LogP contribution in [0.25, 0.3) is 0 Å². The van der Waals surface area contributed by atoms with Crippen LogP contribution in [0.5, 0.6) is 0 Å². The Balaban J connectivity index is 0.000000217. The standard InChI is InChI=1S/C6H8O.C2H5NO2/c1-5-3-4-6(2)7-5;1-5-2(3)4/h3-4H,1-2H3;1H3,(H2,3,4). The highest BCUT2D eigenvalue weighted by atomic mass is 16.5. The molecule has 0 radical (unpaired) electrons. The van der Waals surface area contributed by atoms with Gasteiger partial charge in [0.2, 0.25) is 0 Å². The highest BCUT2D eigenvalue weighted by molar-refractivity contribution is 5.64. The number of furan rings is 1. The van der Waals surface area contributed by atoms with Gasteiger partial charge in [-0.3, -0.25) is 0 Å². The van der Waals surface area contributed by atoms with E-state index < -0.39 is 6.09 Å². The van der Waals surface area contributed by atoms with Gasteiger partial charge in [0.25, 0.3) is 0 Å². The van der Waals surface area contributed by atoms with Crippen LogP contribution < -0.4 is 5.73 Å². The molecule has 4 heteroatoms. The first-order valence-corrected chi connectivity index (χ1v) is 3.42. The van der Waals surface area contributed by atoms with Gasteiger partial charge in [0.1, 0.15) is 11.5 Å². The molecule has 0 fully saturated rings. The highest BCUT2D eigenvalue weighted by Gasteiger charge is 1.85. The van der Waals surface area contributed by atoms with Crippen molar-refractivity contribution in [1.29, 1.82) is 0 Å². The Morgan fingerprint density at radius 2 is 1.75 bits per heavy atom. The van der Waals surface area contributed by atoms with Crippen molar-refractivity contribution in [3.05, 3.63) is 23.7 Å². The van der Waals surface area contributed by atoms with Crippen molar-refractivity contribution < 1.29 is 13.9 Å². The minimum absolute atomic E-state index is 0.745. The number of primary amides is 1. The van der Waals surface area contributed by atoms with Crippen LogP contribution in [0.2, 0.25) is 0 Å². The van der Waals surface area contributed by atoms with Crippen molar-refractivity contribution >= 4 is 6.09 Å². The van der Waals surface area contributed by atoms with Crippen LogP contribution >= 0.6 is 0 Å². The van der Waals surface area contributed by atoms with E-state index in [0.717, 1.165) is 11.5 Å². The van der Waals surface area contributed by atoms with E-state index in [4.69, 9.17) is 4.42 Å². The molecule has 1 aromatic rings. The fourth-order valence-electron chi connectivity index (χ4n) is 0.557. The SMILES string of the molecule is COC(N)=O.Cc1ccc(C)o1. The third-order valence-electron chi connectivity index (χ3n) is 1.08. The third kappa shape index (κ3) is 5.34. The summed E-state index contributed by atoms with van der Waals surface area (Å²) in [5.41, 5.74) is 4.43. The highest BCUT2D eigenvalue weighted by Crippen LogP contribution is 2.02. The largest absolute Gasteiger partial charge is 0.467 e. The van der Waals surface area contributed by atoms with E-state index in [1.807, 2.05) is 26.0 Å². The normalized spacial score (nSPS) is 8.25. The Hall–Kier alpha value is -1.45. The monoisotopic (exact) mass is 171 g/mol. The van der Waals surface area contributed by atoms with Gasteiger partial charge in [-0.15, -0.1) is 0 Å². The predicted molar refractivity (Wildman–Crippen MR) is 44.8 cm³/mol. The lowest BCUT2D eigenvalue weighted by Crippen LogP contribution is -2.08. The zero-order valence-electron chi connectivity index (χ0n) is 7.46. The van der Waals surface area contributed by atoms with Crippen LogP contribution in [0.15, 0.2) is 16.5 Å². The molecule has 0 aromatic carbocycles. The zero-order valence-corrected chi connectivity index (χ0v) is 7.46. The molecule has 68 valence electrons. The van der Waals surface area contributed by atoms with Crippen LogP contribution in [0, 0.1) is 13.8 Å². The number of rotatable bonds is 0. The minimum Gasteiger partial charge on any atom is -0.467 e. The number of carbonyl (C=O) groups excluding carboxylic acids is 1. The Labute approximate surface area is 71.3 Å². The first kappa shape index (κ1) is 10.6. The van der Waals surface area contributed by atoms with E-state index in [1.54, 1.807) is 0 Å². The molecule has 0 bridgehead atoms.